The number of nitrogens with two attached hydrogens (primary N) is 1. The molecule has 1 aliphatic carbocycles. The van der Waals surface area contributed by atoms with Gasteiger partial charge in [0.15, 0.2) is 0 Å². The Labute approximate surface area is 73.7 Å². The van der Waals surface area contributed by atoms with Crippen LogP contribution in [0.25, 0.3) is 0 Å². The molecule has 0 heterocycles. The van der Waals surface area contributed by atoms with Crippen LogP contribution < -0.4 is 9.86 Å². The molecule has 1 aliphatic rings. The van der Waals surface area contributed by atoms with Crippen LogP contribution in [-0.2, 0) is 10.2 Å². The quantitative estimate of drug-likeness (QED) is 0.656. The zero-order chi connectivity index (χ0) is 9.78. The highest BCUT2D eigenvalue weighted by atomic mass is 32.2. The maximum atomic E-state index is 10.7. The molecule has 0 aliphatic heterocycles. The summed E-state index contributed by atoms with van der Waals surface area (Å²) in [4.78, 5) is 0. The molecule has 5 heteroatoms. The van der Waals surface area contributed by atoms with Crippen molar-refractivity contribution in [2.75, 3.05) is 0 Å². The minimum absolute atomic E-state index is 0.000556. The molecule has 4 nitrogen and oxygen atoms in total. The standard InChI is InChI=1S/C7H16N2O2S/c1-6(2)5(7(6,3)4)9-12(8,10)11/h5,9H,1-4H3,(H2,8,10,11). The molecule has 1 saturated carbocycles. The number of rotatable bonds is 2. The van der Waals surface area contributed by atoms with Crippen LogP contribution in [-0.4, -0.2) is 14.5 Å². The van der Waals surface area contributed by atoms with Crippen LogP contribution in [0.3, 0.4) is 0 Å². The van der Waals surface area contributed by atoms with Gasteiger partial charge in [-0.1, -0.05) is 27.7 Å². The second-order valence-electron chi connectivity index (χ2n) is 4.54. The third-order valence-electron chi connectivity index (χ3n) is 3.30. The van der Waals surface area contributed by atoms with Crippen molar-refractivity contribution in [3.63, 3.8) is 0 Å². The molecule has 0 bridgehead atoms. The third-order valence-corrected chi connectivity index (χ3v) is 3.87. The van der Waals surface area contributed by atoms with Gasteiger partial charge in [0.25, 0.3) is 10.2 Å². The molecular formula is C7H16N2O2S. The lowest BCUT2D eigenvalue weighted by Crippen LogP contribution is -2.35. The predicted molar refractivity (Wildman–Crippen MR) is 47.6 cm³/mol. The van der Waals surface area contributed by atoms with Gasteiger partial charge in [0.05, 0.1) is 0 Å². The minimum Gasteiger partial charge on any atom is -0.216 e. The maximum Gasteiger partial charge on any atom is 0.274 e. The van der Waals surface area contributed by atoms with Gasteiger partial charge < -0.3 is 0 Å². The van der Waals surface area contributed by atoms with Gasteiger partial charge in [0.2, 0.25) is 0 Å². The normalized spacial score (nSPS) is 27.1. The van der Waals surface area contributed by atoms with Crippen molar-refractivity contribution in [2.45, 2.75) is 33.7 Å². The topological polar surface area (TPSA) is 72.2 Å². The molecule has 0 aromatic carbocycles. The smallest absolute Gasteiger partial charge is 0.216 e. The summed E-state index contributed by atoms with van der Waals surface area (Å²) in [5, 5.41) is 4.88. The van der Waals surface area contributed by atoms with Crippen LogP contribution in [0, 0.1) is 10.8 Å². The van der Waals surface area contributed by atoms with Crippen LogP contribution in [0.5, 0.6) is 0 Å². The van der Waals surface area contributed by atoms with Crippen LogP contribution in [0.4, 0.5) is 0 Å². The molecule has 0 unspecified atom stereocenters. The first-order valence-corrected chi connectivity index (χ1v) is 5.44. The molecule has 3 N–H and O–H groups in total. The summed E-state index contributed by atoms with van der Waals surface area (Å²) in [6, 6.07) is -0.0417. The van der Waals surface area contributed by atoms with E-state index in [4.69, 9.17) is 5.14 Å². The zero-order valence-electron chi connectivity index (χ0n) is 7.88. The first-order chi connectivity index (χ1) is 5.09. The fraction of sp³-hybridized carbons (Fsp3) is 1.00. The predicted octanol–water partition coefficient (Wildman–Crippen LogP) is 0.214. The highest BCUT2D eigenvalue weighted by molar-refractivity contribution is 7.87. The lowest BCUT2D eigenvalue weighted by atomic mass is 10.0. The first kappa shape index (κ1) is 9.95. The van der Waals surface area contributed by atoms with Crippen molar-refractivity contribution in [3.8, 4) is 0 Å². The highest BCUT2D eigenvalue weighted by Gasteiger charge is 2.65. The largest absolute Gasteiger partial charge is 0.274 e. The number of nitrogens with one attached hydrogen (secondary N) is 1. The number of hydrogen-bond acceptors (Lipinski definition) is 2. The minimum atomic E-state index is -3.55. The Hall–Kier alpha value is -0.130. The molecule has 72 valence electrons. The molecule has 0 radical (unpaired) electrons. The molecule has 1 rings (SSSR count). The summed E-state index contributed by atoms with van der Waals surface area (Å²) in [7, 11) is -3.55. The van der Waals surface area contributed by atoms with Gasteiger partial charge >= 0.3 is 0 Å². The van der Waals surface area contributed by atoms with Crippen molar-refractivity contribution in [2.24, 2.45) is 16.0 Å². The van der Waals surface area contributed by atoms with E-state index in [0.717, 1.165) is 0 Å². The van der Waals surface area contributed by atoms with Crippen LogP contribution >= 0.6 is 0 Å². The van der Waals surface area contributed by atoms with E-state index in [1.807, 2.05) is 27.7 Å². The van der Waals surface area contributed by atoms with Crippen molar-refractivity contribution in [3.05, 3.63) is 0 Å². The Balaban J connectivity index is 2.74. The summed E-state index contributed by atoms with van der Waals surface area (Å²) >= 11 is 0. The zero-order valence-corrected chi connectivity index (χ0v) is 8.70. The van der Waals surface area contributed by atoms with Crippen molar-refractivity contribution in [1.29, 1.82) is 0 Å². The van der Waals surface area contributed by atoms with E-state index >= 15 is 0 Å². The average Bonchev–Trinajstić information content (AvgIpc) is 2.09. The van der Waals surface area contributed by atoms with Gasteiger partial charge in [-0.2, -0.15) is 13.1 Å². The molecule has 0 aromatic heterocycles. The molecule has 1 fully saturated rings. The van der Waals surface area contributed by atoms with Gasteiger partial charge in [-0.05, 0) is 10.8 Å². The Bertz CT molecular complexity index is 279. The summed E-state index contributed by atoms with van der Waals surface area (Å²) < 4.78 is 23.9. The fourth-order valence-electron chi connectivity index (χ4n) is 1.66. The Morgan fingerprint density at radius 2 is 1.50 bits per heavy atom. The van der Waals surface area contributed by atoms with E-state index in [0.29, 0.717) is 0 Å². The summed E-state index contributed by atoms with van der Waals surface area (Å²) in [5.74, 6) is 0. The van der Waals surface area contributed by atoms with E-state index in [9.17, 15) is 8.42 Å². The monoisotopic (exact) mass is 192 g/mol. The summed E-state index contributed by atoms with van der Waals surface area (Å²) in [6.45, 7) is 8.09. The van der Waals surface area contributed by atoms with Crippen LogP contribution in [0.15, 0.2) is 0 Å². The Morgan fingerprint density at radius 3 is 1.58 bits per heavy atom. The van der Waals surface area contributed by atoms with E-state index in [1.165, 1.54) is 0 Å². The van der Waals surface area contributed by atoms with E-state index in [2.05, 4.69) is 4.72 Å². The second-order valence-corrected chi connectivity index (χ2v) is 5.86. The van der Waals surface area contributed by atoms with Crippen molar-refractivity contribution >= 4 is 10.2 Å². The molecule has 0 aromatic rings. The second kappa shape index (κ2) is 2.21. The maximum absolute atomic E-state index is 10.7. The molecule has 12 heavy (non-hydrogen) atoms. The van der Waals surface area contributed by atoms with Gasteiger partial charge in [-0.25, -0.2) is 5.14 Å². The Morgan fingerprint density at radius 1 is 1.17 bits per heavy atom. The SMILES string of the molecule is CC1(C)C(NS(N)(=O)=O)C1(C)C. The van der Waals surface area contributed by atoms with Gasteiger partial charge in [0, 0.05) is 6.04 Å². The van der Waals surface area contributed by atoms with E-state index in [1.54, 1.807) is 0 Å². The lowest BCUT2D eigenvalue weighted by Gasteiger charge is -2.03. The Kier molecular flexibility index (Phi) is 1.84. The van der Waals surface area contributed by atoms with Gasteiger partial charge in [0.1, 0.15) is 0 Å². The van der Waals surface area contributed by atoms with E-state index in [-0.39, 0.29) is 16.9 Å². The van der Waals surface area contributed by atoms with Crippen LogP contribution in [0.2, 0.25) is 0 Å². The summed E-state index contributed by atoms with van der Waals surface area (Å²) in [6.07, 6.45) is 0. The summed E-state index contributed by atoms with van der Waals surface area (Å²) in [5.41, 5.74) is -0.00111. The third kappa shape index (κ3) is 1.36. The molecule has 0 saturated heterocycles. The molecule has 0 atom stereocenters. The molecule has 0 spiro atoms. The van der Waals surface area contributed by atoms with Gasteiger partial charge in [-0.3, -0.25) is 0 Å². The van der Waals surface area contributed by atoms with Crippen LogP contribution in [0.1, 0.15) is 27.7 Å². The first-order valence-electron chi connectivity index (χ1n) is 3.89. The average molecular weight is 192 g/mol. The lowest BCUT2D eigenvalue weighted by molar-refractivity contribution is 0.457. The molecule has 0 amide bonds. The highest BCUT2D eigenvalue weighted by Crippen LogP contribution is 2.62. The molecular weight excluding hydrogens is 176 g/mol. The van der Waals surface area contributed by atoms with Crippen molar-refractivity contribution in [1.82, 2.24) is 4.72 Å². The van der Waals surface area contributed by atoms with Crippen molar-refractivity contribution < 1.29 is 8.42 Å². The van der Waals surface area contributed by atoms with E-state index < -0.39 is 10.2 Å². The fourth-order valence-corrected chi connectivity index (χ4v) is 2.57. The van der Waals surface area contributed by atoms with Gasteiger partial charge in [-0.15, -0.1) is 0 Å². The number of hydrogen-bond donors (Lipinski definition) is 2.